The Bertz CT molecular complexity index is 128. The summed E-state index contributed by atoms with van der Waals surface area (Å²) in [6.07, 6.45) is 11.4. The molecule has 0 rings (SSSR count). The normalized spacial score (nSPS) is 11.4. The van der Waals surface area contributed by atoms with E-state index in [0.29, 0.717) is 0 Å². The van der Waals surface area contributed by atoms with E-state index in [2.05, 4.69) is 23.8 Å². The van der Waals surface area contributed by atoms with Crippen LogP contribution in [0.5, 0.6) is 0 Å². The molecule has 0 radical (unpaired) electrons. The molecule has 0 aromatic carbocycles. The summed E-state index contributed by atoms with van der Waals surface area (Å²) in [5, 5.41) is 2.94. The van der Waals surface area contributed by atoms with E-state index in [4.69, 9.17) is 0 Å². The van der Waals surface area contributed by atoms with Crippen LogP contribution in [0.2, 0.25) is 10.6 Å². The van der Waals surface area contributed by atoms with Crippen LogP contribution >= 0.6 is 0 Å². The summed E-state index contributed by atoms with van der Waals surface area (Å²) in [5.41, 5.74) is 0. The number of rotatable bonds is 12. The molecule has 0 unspecified atom stereocenters. The Morgan fingerprint density at radius 2 is 1.06 bits per heavy atom. The molecule has 16 heavy (non-hydrogen) atoms. The SMILES string of the molecule is CCCCCC[Se]C=C[Se]CCCCCC. The van der Waals surface area contributed by atoms with Crippen molar-refractivity contribution in [3.8, 4) is 0 Å². The molecule has 0 saturated heterocycles. The van der Waals surface area contributed by atoms with Crippen molar-refractivity contribution in [3.63, 3.8) is 0 Å². The molecule has 96 valence electrons. The first-order chi connectivity index (χ1) is 7.91. The second kappa shape index (κ2) is 15.8. The fourth-order valence-corrected chi connectivity index (χ4v) is 5.61. The van der Waals surface area contributed by atoms with Gasteiger partial charge in [0.1, 0.15) is 0 Å². The minimum absolute atomic E-state index is 0.804. The second-order valence-corrected chi connectivity index (χ2v) is 8.39. The van der Waals surface area contributed by atoms with Gasteiger partial charge in [-0.1, -0.05) is 0 Å². The van der Waals surface area contributed by atoms with Crippen LogP contribution in [0, 0.1) is 0 Å². The van der Waals surface area contributed by atoms with Gasteiger partial charge in [0.25, 0.3) is 0 Å². The summed E-state index contributed by atoms with van der Waals surface area (Å²) in [6, 6.07) is 0. The molecule has 0 heterocycles. The van der Waals surface area contributed by atoms with Crippen molar-refractivity contribution in [2.75, 3.05) is 0 Å². The molecule has 0 fully saturated rings. The van der Waals surface area contributed by atoms with Gasteiger partial charge in [-0.2, -0.15) is 0 Å². The maximum atomic E-state index is 2.48. The van der Waals surface area contributed by atoms with Crippen LogP contribution in [0.15, 0.2) is 9.95 Å². The molecule has 0 aliphatic carbocycles. The van der Waals surface area contributed by atoms with Crippen molar-refractivity contribution in [3.05, 3.63) is 9.95 Å². The van der Waals surface area contributed by atoms with Gasteiger partial charge < -0.3 is 0 Å². The Labute approximate surface area is 115 Å². The Hall–Kier alpha value is 0.779. The molecule has 0 bridgehead atoms. The predicted molar refractivity (Wildman–Crippen MR) is 78.5 cm³/mol. The molecule has 0 amide bonds. The van der Waals surface area contributed by atoms with Crippen molar-refractivity contribution in [2.24, 2.45) is 0 Å². The zero-order valence-electron chi connectivity index (χ0n) is 11.0. The van der Waals surface area contributed by atoms with Crippen LogP contribution in [0.25, 0.3) is 0 Å². The first kappa shape index (κ1) is 16.8. The van der Waals surface area contributed by atoms with Crippen LogP contribution in [0.3, 0.4) is 0 Å². The standard InChI is InChI=1S/C14H28Se2/c1-3-5-7-9-11-15-13-14-16-12-10-8-6-4-2/h13-14H,3-12H2,1-2H3. The third-order valence-electron chi connectivity index (χ3n) is 2.48. The monoisotopic (exact) mass is 356 g/mol. The fraction of sp³-hybridized carbons (Fsp3) is 0.857. The molecule has 0 aliphatic rings. The summed E-state index contributed by atoms with van der Waals surface area (Å²) in [7, 11) is 0. The summed E-state index contributed by atoms with van der Waals surface area (Å²) in [4.78, 5) is 4.97. The van der Waals surface area contributed by atoms with Gasteiger partial charge in [-0.25, -0.2) is 0 Å². The molecule has 0 aliphatic heterocycles. The second-order valence-electron chi connectivity index (χ2n) is 4.14. The van der Waals surface area contributed by atoms with Crippen molar-refractivity contribution in [2.45, 2.75) is 75.9 Å². The Morgan fingerprint density at radius 1 is 0.625 bits per heavy atom. The van der Waals surface area contributed by atoms with E-state index in [0.717, 1.165) is 29.9 Å². The first-order valence-electron chi connectivity index (χ1n) is 6.80. The summed E-state index contributed by atoms with van der Waals surface area (Å²) < 4.78 is 0. The van der Waals surface area contributed by atoms with E-state index >= 15 is 0 Å². The molecule has 0 spiro atoms. The maximum absolute atomic E-state index is 2.48. The van der Waals surface area contributed by atoms with Gasteiger partial charge in [0.2, 0.25) is 0 Å². The van der Waals surface area contributed by atoms with Crippen LogP contribution in [0.4, 0.5) is 0 Å². The van der Waals surface area contributed by atoms with Crippen LogP contribution in [0.1, 0.15) is 65.2 Å². The third kappa shape index (κ3) is 14.8. The molecular weight excluding hydrogens is 326 g/mol. The van der Waals surface area contributed by atoms with Crippen molar-refractivity contribution in [1.29, 1.82) is 0 Å². The fourth-order valence-electron chi connectivity index (χ4n) is 1.44. The van der Waals surface area contributed by atoms with E-state index in [1.807, 2.05) is 0 Å². The van der Waals surface area contributed by atoms with Crippen molar-refractivity contribution in [1.82, 2.24) is 0 Å². The van der Waals surface area contributed by atoms with Gasteiger partial charge in [-0.3, -0.25) is 0 Å². The third-order valence-corrected chi connectivity index (χ3v) is 6.93. The van der Waals surface area contributed by atoms with E-state index in [9.17, 15) is 0 Å². The molecule has 0 N–H and O–H groups in total. The molecule has 0 nitrogen and oxygen atoms in total. The van der Waals surface area contributed by atoms with Crippen LogP contribution in [-0.4, -0.2) is 29.9 Å². The summed E-state index contributed by atoms with van der Waals surface area (Å²) in [6.45, 7) is 4.57. The zero-order chi connectivity index (χ0) is 11.9. The average Bonchev–Trinajstić information content (AvgIpc) is 2.31. The summed E-state index contributed by atoms with van der Waals surface area (Å²) in [5.74, 6) is 0. The van der Waals surface area contributed by atoms with E-state index in [1.165, 1.54) is 62.0 Å². The average molecular weight is 354 g/mol. The number of hydrogen-bond donors (Lipinski definition) is 0. The number of unbranched alkanes of at least 4 members (excludes halogenated alkanes) is 6. The molecular formula is C14H28Se2. The molecule has 0 aromatic rings. The molecule has 0 saturated carbocycles. The van der Waals surface area contributed by atoms with Gasteiger partial charge in [-0.15, -0.1) is 0 Å². The Balaban J connectivity index is 2.98. The van der Waals surface area contributed by atoms with Gasteiger partial charge in [0.05, 0.1) is 0 Å². The van der Waals surface area contributed by atoms with Crippen LogP contribution in [-0.2, 0) is 0 Å². The number of hydrogen-bond acceptors (Lipinski definition) is 0. The van der Waals surface area contributed by atoms with Crippen molar-refractivity contribution >= 4 is 29.9 Å². The topological polar surface area (TPSA) is 0 Å². The molecule has 0 aromatic heterocycles. The molecule has 0 atom stereocenters. The van der Waals surface area contributed by atoms with E-state index in [1.54, 1.807) is 0 Å². The molecule has 2 heteroatoms. The van der Waals surface area contributed by atoms with Gasteiger partial charge >= 0.3 is 116 Å². The van der Waals surface area contributed by atoms with Gasteiger partial charge in [0.15, 0.2) is 0 Å². The van der Waals surface area contributed by atoms with E-state index in [-0.39, 0.29) is 0 Å². The Kier molecular flexibility index (Phi) is 16.5. The predicted octanol–water partition coefficient (Wildman–Crippen LogP) is 4.86. The van der Waals surface area contributed by atoms with Crippen molar-refractivity contribution < 1.29 is 0 Å². The van der Waals surface area contributed by atoms with Gasteiger partial charge in [0, 0.05) is 0 Å². The van der Waals surface area contributed by atoms with Gasteiger partial charge in [-0.05, 0) is 0 Å². The van der Waals surface area contributed by atoms with Crippen LogP contribution < -0.4 is 0 Å². The minimum atomic E-state index is 0.804. The first-order valence-corrected chi connectivity index (χ1v) is 11.2. The van der Waals surface area contributed by atoms with E-state index < -0.39 is 0 Å². The Morgan fingerprint density at radius 3 is 1.44 bits per heavy atom. The zero-order valence-corrected chi connectivity index (χ0v) is 14.5. The quantitative estimate of drug-likeness (QED) is 0.347. The summed E-state index contributed by atoms with van der Waals surface area (Å²) >= 11 is 1.61.